The molecule has 3 N–H and O–H groups in total. The van der Waals surface area contributed by atoms with Crippen LogP contribution in [-0.2, 0) is 4.79 Å². The third-order valence-corrected chi connectivity index (χ3v) is 5.79. The minimum absolute atomic E-state index is 0.0693. The number of amides is 2. The zero-order valence-electron chi connectivity index (χ0n) is 13.3. The lowest BCUT2D eigenvalue weighted by atomic mass is 9.84. The molecule has 1 saturated carbocycles. The van der Waals surface area contributed by atoms with Crippen LogP contribution < -0.4 is 10.6 Å². The van der Waals surface area contributed by atoms with Crippen molar-refractivity contribution < 1.29 is 14.7 Å². The first kappa shape index (κ1) is 18.1. The molecule has 0 bridgehead atoms. The largest absolute Gasteiger partial charge is 0.481 e. The summed E-state index contributed by atoms with van der Waals surface area (Å²) in [6.07, 6.45) is 7.29. The summed E-state index contributed by atoms with van der Waals surface area (Å²) in [6.45, 7) is 5.37. The van der Waals surface area contributed by atoms with E-state index in [1.54, 1.807) is 0 Å². The number of urea groups is 1. The minimum atomic E-state index is -0.767. The molecular weight excluding hydrogens is 288 g/mol. The van der Waals surface area contributed by atoms with Crippen molar-refractivity contribution in [3.63, 3.8) is 0 Å². The van der Waals surface area contributed by atoms with Gasteiger partial charge in [0.05, 0.1) is 0 Å². The number of carbonyl (C=O) groups is 2. The van der Waals surface area contributed by atoms with Crippen molar-refractivity contribution in [2.75, 3.05) is 19.3 Å². The number of rotatable bonds is 9. The van der Waals surface area contributed by atoms with Crippen molar-refractivity contribution >= 4 is 23.8 Å². The van der Waals surface area contributed by atoms with Crippen molar-refractivity contribution in [1.82, 2.24) is 10.6 Å². The Labute approximate surface area is 131 Å². The molecule has 21 heavy (non-hydrogen) atoms. The van der Waals surface area contributed by atoms with E-state index in [-0.39, 0.29) is 22.6 Å². The fourth-order valence-corrected chi connectivity index (χ4v) is 3.33. The molecule has 1 fully saturated rings. The van der Waals surface area contributed by atoms with Crippen LogP contribution in [0.5, 0.6) is 0 Å². The molecule has 0 radical (unpaired) electrons. The van der Waals surface area contributed by atoms with E-state index in [0.29, 0.717) is 13.0 Å². The molecule has 2 amide bonds. The molecule has 1 aliphatic carbocycles. The highest BCUT2D eigenvalue weighted by Crippen LogP contribution is 2.42. The van der Waals surface area contributed by atoms with E-state index < -0.39 is 5.97 Å². The van der Waals surface area contributed by atoms with Crippen LogP contribution in [0.4, 0.5) is 4.79 Å². The third kappa shape index (κ3) is 6.59. The summed E-state index contributed by atoms with van der Waals surface area (Å²) in [4.78, 5) is 22.4. The Hall–Kier alpha value is -0.910. The van der Waals surface area contributed by atoms with Crippen LogP contribution in [0.1, 0.15) is 52.4 Å². The van der Waals surface area contributed by atoms with Crippen LogP contribution in [0, 0.1) is 5.41 Å². The molecule has 6 heteroatoms. The molecule has 122 valence electrons. The highest BCUT2D eigenvalue weighted by molar-refractivity contribution is 8.00. The Kier molecular flexibility index (Phi) is 6.84. The predicted molar refractivity (Wildman–Crippen MR) is 86.8 cm³/mol. The summed E-state index contributed by atoms with van der Waals surface area (Å²) >= 11 is 1.84. The van der Waals surface area contributed by atoms with Gasteiger partial charge in [-0.1, -0.05) is 20.3 Å². The standard InChI is InChI=1S/C15H28N2O3S/c1-14(2,8-5-12(18)19)9-10-16-13(20)17-11-15(21-3)6-4-7-15/h4-11H2,1-3H3,(H,18,19)(H2,16,17,20). The van der Waals surface area contributed by atoms with Gasteiger partial charge in [-0.3, -0.25) is 4.79 Å². The molecule has 0 unspecified atom stereocenters. The topological polar surface area (TPSA) is 78.4 Å². The molecule has 0 heterocycles. The number of hydrogen-bond acceptors (Lipinski definition) is 3. The van der Waals surface area contributed by atoms with Crippen LogP contribution in [-0.4, -0.2) is 41.2 Å². The molecule has 0 aromatic heterocycles. The summed E-state index contributed by atoms with van der Waals surface area (Å²) in [5.41, 5.74) is -0.0693. The van der Waals surface area contributed by atoms with Gasteiger partial charge in [-0.2, -0.15) is 11.8 Å². The molecule has 1 rings (SSSR count). The molecule has 0 aromatic carbocycles. The van der Waals surface area contributed by atoms with Crippen molar-refractivity contribution in [2.45, 2.75) is 57.1 Å². The predicted octanol–water partition coefficient (Wildman–Crippen LogP) is 2.85. The fraction of sp³-hybridized carbons (Fsp3) is 0.867. The number of hydrogen-bond donors (Lipinski definition) is 3. The molecule has 0 aliphatic heterocycles. The summed E-state index contributed by atoms with van der Waals surface area (Å²) in [6, 6.07) is -0.121. The summed E-state index contributed by atoms with van der Waals surface area (Å²) in [5, 5.41) is 14.5. The maximum Gasteiger partial charge on any atom is 0.314 e. The van der Waals surface area contributed by atoms with Gasteiger partial charge in [0.15, 0.2) is 0 Å². The van der Waals surface area contributed by atoms with E-state index in [1.807, 2.05) is 25.6 Å². The second-order valence-corrected chi connectivity index (χ2v) is 7.93. The Morgan fingerprint density at radius 2 is 1.90 bits per heavy atom. The monoisotopic (exact) mass is 316 g/mol. The number of nitrogens with one attached hydrogen (secondary N) is 2. The van der Waals surface area contributed by atoms with Gasteiger partial charge in [-0.05, 0) is 37.4 Å². The van der Waals surface area contributed by atoms with Gasteiger partial charge in [0, 0.05) is 24.3 Å². The van der Waals surface area contributed by atoms with Crippen LogP contribution in [0.2, 0.25) is 0 Å². The average molecular weight is 316 g/mol. The number of aliphatic carboxylic acids is 1. The molecule has 5 nitrogen and oxygen atoms in total. The van der Waals surface area contributed by atoms with E-state index in [0.717, 1.165) is 13.0 Å². The first-order chi connectivity index (χ1) is 9.79. The van der Waals surface area contributed by atoms with Gasteiger partial charge in [0.25, 0.3) is 0 Å². The van der Waals surface area contributed by atoms with Gasteiger partial charge in [0.1, 0.15) is 0 Å². The minimum Gasteiger partial charge on any atom is -0.481 e. The van der Waals surface area contributed by atoms with Gasteiger partial charge in [-0.15, -0.1) is 0 Å². The van der Waals surface area contributed by atoms with Gasteiger partial charge in [0.2, 0.25) is 0 Å². The Bertz CT molecular complexity index is 362. The zero-order valence-corrected chi connectivity index (χ0v) is 14.1. The lowest BCUT2D eigenvalue weighted by Gasteiger charge is -2.40. The SMILES string of the molecule is CSC1(CNC(=O)NCCC(C)(C)CCC(=O)O)CCC1. The Balaban J connectivity index is 2.16. The Morgan fingerprint density at radius 3 is 2.38 bits per heavy atom. The van der Waals surface area contributed by atoms with Gasteiger partial charge < -0.3 is 15.7 Å². The molecule has 0 aromatic rings. The lowest BCUT2D eigenvalue weighted by Crippen LogP contribution is -2.48. The third-order valence-electron chi connectivity index (χ3n) is 4.37. The van der Waals surface area contributed by atoms with Crippen molar-refractivity contribution in [3.8, 4) is 0 Å². The van der Waals surface area contributed by atoms with Crippen LogP contribution >= 0.6 is 11.8 Å². The highest BCUT2D eigenvalue weighted by Gasteiger charge is 2.36. The highest BCUT2D eigenvalue weighted by atomic mass is 32.2. The van der Waals surface area contributed by atoms with E-state index in [1.165, 1.54) is 19.3 Å². The maximum absolute atomic E-state index is 11.8. The van der Waals surface area contributed by atoms with E-state index in [4.69, 9.17) is 5.11 Å². The zero-order chi connectivity index (χ0) is 15.9. The van der Waals surface area contributed by atoms with Gasteiger partial charge >= 0.3 is 12.0 Å². The second-order valence-electron chi connectivity index (χ2n) is 6.66. The van der Waals surface area contributed by atoms with Crippen LogP contribution in [0.25, 0.3) is 0 Å². The number of thioether (sulfide) groups is 1. The molecular formula is C15H28N2O3S. The van der Waals surface area contributed by atoms with E-state index in [2.05, 4.69) is 16.9 Å². The smallest absolute Gasteiger partial charge is 0.314 e. The number of carboxylic acids is 1. The first-order valence-electron chi connectivity index (χ1n) is 7.57. The average Bonchev–Trinajstić information content (AvgIpc) is 2.35. The van der Waals surface area contributed by atoms with Crippen LogP contribution in [0.3, 0.4) is 0 Å². The fourth-order valence-electron chi connectivity index (χ4n) is 2.41. The quantitative estimate of drug-likeness (QED) is 0.611. The van der Waals surface area contributed by atoms with Crippen molar-refractivity contribution in [3.05, 3.63) is 0 Å². The van der Waals surface area contributed by atoms with Crippen LogP contribution in [0.15, 0.2) is 0 Å². The maximum atomic E-state index is 11.8. The summed E-state index contributed by atoms with van der Waals surface area (Å²) in [5.74, 6) is -0.767. The van der Waals surface area contributed by atoms with Crippen molar-refractivity contribution in [1.29, 1.82) is 0 Å². The summed E-state index contributed by atoms with van der Waals surface area (Å²) < 4.78 is 0.248. The summed E-state index contributed by atoms with van der Waals surface area (Å²) in [7, 11) is 0. The molecule has 1 aliphatic rings. The second kappa shape index (κ2) is 7.92. The number of carboxylic acid groups (broad SMARTS) is 1. The van der Waals surface area contributed by atoms with E-state index in [9.17, 15) is 9.59 Å². The Morgan fingerprint density at radius 1 is 1.24 bits per heavy atom. The number of carbonyl (C=O) groups excluding carboxylic acids is 1. The van der Waals surface area contributed by atoms with Gasteiger partial charge in [-0.25, -0.2) is 4.79 Å². The normalized spacial score (nSPS) is 16.9. The van der Waals surface area contributed by atoms with E-state index >= 15 is 0 Å². The lowest BCUT2D eigenvalue weighted by molar-refractivity contribution is -0.137. The molecule has 0 atom stereocenters. The van der Waals surface area contributed by atoms with Crippen molar-refractivity contribution in [2.24, 2.45) is 5.41 Å². The first-order valence-corrected chi connectivity index (χ1v) is 8.80. The molecule has 0 saturated heterocycles. The molecule has 0 spiro atoms.